The van der Waals surface area contributed by atoms with Gasteiger partial charge in [-0.15, -0.1) is 0 Å². The molecular formula is C27H29ClN6O4S. The van der Waals surface area contributed by atoms with Crippen LogP contribution in [0.15, 0.2) is 65.8 Å². The summed E-state index contributed by atoms with van der Waals surface area (Å²) in [6.45, 7) is 2.30. The fourth-order valence-electron chi connectivity index (χ4n) is 5.29. The lowest BCUT2D eigenvalue weighted by Gasteiger charge is -2.39. The van der Waals surface area contributed by atoms with Gasteiger partial charge >= 0.3 is 0 Å². The molecule has 0 bridgehead atoms. The minimum Gasteiger partial charge on any atom is -0.382 e. The van der Waals surface area contributed by atoms with Crippen LogP contribution in [0.2, 0.25) is 5.02 Å². The fraction of sp³-hybridized carbons (Fsp3) is 0.296. The first kappa shape index (κ1) is 26.9. The molecule has 2 aromatic carbocycles. The Kier molecular flexibility index (Phi) is 7.23. The Bertz CT molecular complexity index is 1630. The smallest absolute Gasteiger partial charge is 0.294 e. The van der Waals surface area contributed by atoms with Gasteiger partial charge in [-0.1, -0.05) is 35.9 Å². The largest absolute Gasteiger partial charge is 0.382 e. The number of benzene rings is 2. The van der Waals surface area contributed by atoms with Crippen molar-refractivity contribution in [3.63, 3.8) is 0 Å². The molecule has 10 nitrogen and oxygen atoms in total. The highest BCUT2D eigenvalue weighted by molar-refractivity contribution is 7.85. The van der Waals surface area contributed by atoms with E-state index in [-0.39, 0.29) is 16.2 Å². The molecule has 2 saturated heterocycles. The zero-order valence-electron chi connectivity index (χ0n) is 21.3. The molecule has 0 saturated carbocycles. The summed E-state index contributed by atoms with van der Waals surface area (Å²) in [6, 6.07) is 13.6. The van der Waals surface area contributed by atoms with E-state index in [2.05, 4.69) is 38.5 Å². The van der Waals surface area contributed by atoms with E-state index in [0.717, 1.165) is 66.6 Å². The number of nitrogens with two attached hydrogens (primary N) is 1. The van der Waals surface area contributed by atoms with Crippen molar-refractivity contribution in [2.24, 2.45) is 12.5 Å². The van der Waals surface area contributed by atoms with Crippen LogP contribution < -0.4 is 16.0 Å². The van der Waals surface area contributed by atoms with Crippen LogP contribution in [0.1, 0.15) is 19.3 Å². The zero-order valence-corrected chi connectivity index (χ0v) is 22.9. The number of nitrogen functional groups attached to an aromatic ring is 1. The number of carbonyl (C=O) groups is 1. The van der Waals surface area contributed by atoms with Crippen molar-refractivity contribution >= 4 is 50.0 Å². The van der Waals surface area contributed by atoms with Gasteiger partial charge in [0.15, 0.2) is 0 Å². The monoisotopic (exact) mass is 568 g/mol. The molecule has 12 heteroatoms. The molecule has 0 aliphatic carbocycles. The van der Waals surface area contributed by atoms with Gasteiger partial charge in [0.25, 0.3) is 10.1 Å². The third kappa shape index (κ3) is 5.29. The van der Waals surface area contributed by atoms with Crippen LogP contribution >= 0.6 is 11.6 Å². The summed E-state index contributed by atoms with van der Waals surface area (Å²) < 4.78 is 31.1. The second-order valence-corrected chi connectivity index (χ2v) is 11.6. The molecule has 4 aromatic rings. The third-order valence-corrected chi connectivity index (χ3v) is 8.77. The molecule has 2 aromatic heterocycles. The number of piperidine rings is 1. The van der Waals surface area contributed by atoms with Gasteiger partial charge in [0.1, 0.15) is 10.8 Å². The SMILES string of the molecule is Cn1ncc2cc(-c3cnc(N)c(Cl)c3N3CCC4(CCNC4=O)CC3)ccc21.O=S(=O)(O)c1ccccc1. The summed E-state index contributed by atoms with van der Waals surface area (Å²) in [4.78, 5) is 18.8. The van der Waals surface area contributed by atoms with Crippen molar-refractivity contribution in [2.75, 3.05) is 30.3 Å². The van der Waals surface area contributed by atoms with E-state index in [1.165, 1.54) is 12.1 Å². The van der Waals surface area contributed by atoms with E-state index in [4.69, 9.17) is 21.9 Å². The Balaban J connectivity index is 0.000000261. The lowest BCUT2D eigenvalue weighted by Crippen LogP contribution is -2.44. The highest BCUT2D eigenvalue weighted by Crippen LogP contribution is 2.44. The molecule has 2 fully saturated rings. The molecule has 6 rings (SSSR count). The Morgan fingerprint density at radius 3 is 2.41 bits per heavy atom. The van der Waals surface area contributed by atoms with Gasteiger partial charge in [-0.3, -0.25) is 14.0 Å². The number of anilines is 2. The first-order chi connectivity index (χ1) is 18.6. The Morgan fingerprint density at radius 1 is 1.08 bits per heavy atom. The fourth-order valence-corrected chi connectivity index (χ4v) is 6.06. The molecule has 2 aliphatic rings. The molecule has 1 spiro atoms. The lowest BCUT2D eigenvalue weighted by molar-refractivity contribution is -0.128. The molecule has 0 radical (unpaired) electrons. The molecule has 4 heterocycles. The highest BCUT2D eigenvalue weighted by Gasteiger charge is 2.44. The van der Waals surface area contributed by atoms with Gasteiger partial charge < -0.3 is 16.0 Å². The molecule has 1 amide bonds. The Morgan fingerprint density at radius 2 is 1.79 bits per heavy atom. The topological polar surface area (TPSA) is 143 Å². The van der Waals surface area contributed by atoms with Gasteiger partial charge in [0, 0.05) is 43.8 Å². The van der Waals surface area contributed by atoms with Crippen molar-refractivity contribution < 1.29 is 17.8 Å². The van der Waals surface area contributed by atoms with Crippen LogP contribution in [0, 0.1) is 5.41 Å². The summed E-state index contributed by atoms with van der Waals surface area (Å²) in [5.74, 6) is 0.520. The van der Waals surface area contributed by atoms with Crippen molar-refractivity contribution in [3.8, 4) is 11.1 Å². The van der Waals surface area contributed by atoms with Crippen molar-refractivity contribution in [1.82, 2.24) is 20.1 Å². The minimum absolute atomic E-state index is 0.0741. The zero-order chi connectivity index (χ0) is 27.8. The molecule has 0 atom stereocenters. The van der Waals surface area contributed by atoms with Gasteiger partial charge in [0.2, 0.25) is 5.91 Å². The van der Waals surface area contributed by atoms with Crippen LogP contribution in [-0.4, -0.2) is 53.3 Å². The van der Waals surface area contributed by atoms with Crippen LogP contribution in [-0.2, 0) is 22.0 Å². The van der Waals surface area contributed by atoms with E-state index in [0.29, 0.717) is 10.8 Å². The molecule has 39 heavy (non-hydrogen) atoms. The number of aromatic nitrogens is 3. The predicted molar refractivity (Wildman–Crippen MR) is 151 cm³/mol. The van der Waals surface area contributed by atoms with Crippen molar-refractivity contribution in [3.05, 3.63) is 65.9 Å². The average molecular weight is 569 g/mol. The maximum Gasteiger partial charge on any atom is 0.294 e. The number of hydrogen-bond donors (Lipinski definition) is 3. The number of pyridine rings is 1. The maximum absolute atomic E-state index is 12.3. The van der Waals surface area contributed by atoms with Gasteiger partial charge in [-0.2, -0.15) is 13.5 Å². The number of fused-ring (bicyclic) bond motifs is 1. The highest BCUT2D eigenvalue weighted by atomic mass is 35.5. The molecule has 2 aliphatic heterocycles. The number of halogens is 1. The number of carbonyl (C=O) groups excluding carboxylic acids is 1. The normalized spacial score (nSPS) is 16.7. The summed E-state index contributed by atoms with van der Waals surface area (Å²) >= 11 is 6.66. The standard InChI is InChI=1S/C21H23ClN6O.C6H6O3S/c1-27-16-3-2-13(10-14(16)11-26-27)15-12-25-19(23)17(22)18(15)28-8-5-21(6-9-28)4-7-24-20(21)29;7-10(8,9)6-4-2-1-3-5-6/h2-3,10-12H,4-9H2,1H3,(H2,23,25)(H,24,29);1-5H,(H,7,8,9). The molecule has 4 N–H and O–H groups in total. The van der Waals surface area contributed by atoms with E-state index in [9.17, 15) is 13.2 Å². The quantitative estimate of drug-likeness (QED) is 0.316. The summed E-state index contributed by atoms with van der Waals surface area (Å²) in [5, 5.41) is 8.85. The van der Waals surface area contributed by atoms with E-state index in [1.54, 1.807) is 24.4 Å². The van der Waals surface area contributed by atoms with Crippen LogP contribution in [0.3, 0.4) is 0 Å². The van der Waals surface area contributed by atoms with E-state index >= 15 is 0 Å². The molecular weight excluding hydrogens is 540 g/mol. The summed E-state index contributed by atoms with van der Waals surface area (Å²) in [7, 11) is -2.07. The molecule has 0 unspecified atom stereocenters. The Labute approximate surface area is 231 Å². The third-order valence-electron chi connectivity index (χ3n) is 7.53. The van der Waals surface area contributed by atoms with Gasteiger partial charge in [-0.05, 0) is 49.1 Å². The number of rotatable bonds is 3. The van der Waals surface area contributed by atoms with Crippen LogP contribution in [0.5, 0.6) is 0 Å². The minimum atomic E-state index is -4.00. The number of aryl methyl sites for hydroxylation is 1. The van der Waals surface area contributed by atoms with Crippen LogP contribution in [0.4, 0.5) is 11.5 Å². The summed E-state index contributed by atoms with van der Waals surface area (Å²) in [6.07, 6.45) is 6.20. The first-order valence-corrected chi connectivity index (χ1v) is 14.3. The van der Waals surface area contributed by atoms with Crippen molar-refractivity contribution in [2.45, 2.75) is 24.2 Å². The van der Waals surface area contributed by atoms with E-state index in [1.807, 2.05) is 17.9 Å². The first-order valence-electron chi connectivity index (χ1n) is 12.5. The molecule has 204 valence electrons. The van der Waals surface area contributed by atoms with Crippen molar-refractivity contribution in [1.29, 1.82) is 0 Å². The van der Waals surface area contributed by atoms with Gasteiger partial charge in [-0.25, -0.2) is 4.98 Å². The lowest BCUT2D eigenvalue weighted by atomic mass is 9.77. The van der Waals surface area contributed by atoms with E-state index < -0.39 is 10.1 Å². The number of amides is 1. The summed E-state index contributed by atoms with van der Waals surface area (Å²) in [5.41, 5.74) is 9.77. The average Bonchev–Trinajstić information content (AvgIpc) is 3.48. The second-order valence-electron chi connectivity index (χ2n) is 9.82. The second kappa shape index (κ2) is 10.5. The number of nitrogens with zero attached hydrogens (tertiary/aromatic N) is 4. The number of nitrogens with one attached hydrogen (secondary N) is 1. The maximum atomic E-state index is 12.3. The Hall–Kier alpha value is -3.67. The predicted octanol–water partition coefficient (Wildman–Crippen LogP) is 3.91. The number of hydrogen-bond acceptors (Lipinski definition) is 7. The van der Waals surface area contributed by atoms with Gasteiger partial charge in [0.05, 0.1) is 27.7 Å². The van der Waals surface area contributed by atoms with Crippen LogP contribution in [0.25, 0.3) is 22.0 Å².